The number of carbonyl (C=O) groups is 1. The molecular weight excluding hydrogens is 432 g/mol. The van der Waals surface area contributed by atoms with E-state index >= 15 is 0 Å². The minimum Gasteiger partial charge on any atom is -0.494 e. The van der Waals surface area contributed by atoms with E-state index in [0.717, 1.165) is 49.2 Å². The summed E-state index contributed by atoms with van der Waals surface area (Å²) in [5.74, 6) is 0.586. The summed E-state index contributed by atoms with van der Waals surface area (Å²) in [6, 6.07) is 24.6. The highest BCUT2D eigenvalue weighted by molar-refractivity contribution is 5.87. The topological polar surface area (TPSA) is 85.0 Å². The predicted octanol–water partition coefficient (Wildman–Crippen LogP) is 5.66. The molecule has 0 aliphatic carbocycles. The van der Waals surface area contributed by atoms with Gasteiger partial charge >= 0.3 is 5.97 Å². The Morgan fingerprint density at radius 3 is 2.18 bits per heavy atom. The maximum Gasteiger partial charge on any atom is 0.335 e. The Kier molecular flexibility index (Phi) is 8.00. The fourth-order valence-electron chi connectivity index (χ4n) is 3.55. The number of aromatic carboxylic acids is 1. The van der Waals surface area contributed by atoms with Gasteiger partial charge in [0.25, 0.3) is 6.01 Å². The average molecular weight is 461 g/mol. The lowest BCUT2D eigenvalue weighted by molar-refractivity contribution is 0.0697. The van der Waals surface area contributed by atoms with E-state index in [0.29, 0.717) is 25.0 Å². The van der Waals surface area contributed by atoms with Crippen molar-refractivity contribution in [3.8, 4) is 11.5 Å². The molecule has 1 N–H and O–H groups in total. The first-order valence-electron chi connectivity index (χ1n) is 11.4. The van der Waals surface area contributed by atoms with Gasteiger partial charge in [-0.25, -0.2) is 4.79 Å². The molecule has 0 aliphatic rings. The summed E-state index contributed by atoms with van der Waals surface area (Å²) >= 11 is 0. The molecule has 176 valence electrons. The van der Waals surface area contributed by atoms with Gasteiger partial charge < -0.3 is 23.9 Å². The molecular formula is C27H28N2O5. The van der Waals surface area contributed by atoms with Crippen molar-refractivity contribution in [2.75, 3.05) is 31.2 Å². The van der Waals surface area contributed by atoms with E-state index in [1.165, 1.54) is 0 Å². The van der Waals surface area contributed by atoms with E-state index in [1.807, 2.05) is 54.6 Å². The van der Waals surface area contributed by atoms with Crippen LogP contribution in [0.25, 0.3) is 11.1 Å². The minimum atomic E-state index is -0.944. The van der Waals surface area contributed by atoms with Gasteiger partial charge in [0.1, 0.15) is 17.0 Å². The number of anilines is 1. The summed E-state index contributed by atoms with van der Waals surface area (Å²) in [4.78, 5) is 17.8. The molecule has 1 heterocycles. The third kappa shape index (κ3) is 6.51. The quantitative estimate of drug-likeness (QED) is 0.258. The third-order valence-electron chi connectivity index (χ3n) is 5.33. The first kappa shape index (κ1) is 23.2. The Balaban J connectivity index is 1.28. The number of carboxylic acids is 1. The molecule has 3 aromatic carbocycles. The highest BCUT2D eigenvalue weighted by Crippen LogP contribution is 2.22. The van der Waals surface area contributed by atoms with E-state index in [2.05, 4.69) is 9.88 Å². The van der Waals surface area contributed by atoms with E-state index in [-0.39, 0.29) is 5.56 Å². The van der Waals surface area contributed by atoms with E-state index < -0.39 is 5.97 Å². The van der Waals surface area contributed by atoms with Crippen molar-refractivity contribution < 1.29 is 23.8 Å². The normalized spacial score (nSPS) is 10.8. The maximum absolute atomic E-state index is 10.9. The van der Waals surface area contributed by atoms with Crippen molar-refractivity contribution in [1.29, 1.82) is 0 Å². The number of rotatable bonds is 13. The number of unbranched alkanes of at least 4 members (excludes halogenated alkanes) is 1. The van der Waals surface area contributed by atoms with Gasteiger partial charge in [0.05, 0.1) is 18.8 Å². The predicted molar refractivity (Wildman–Crippen MR) is 131 cm³/mol. The lowest BCUT2D eigenvalue weighted by Gasteiger charge is -2.20. The van der Waals surface area contributed by atoms with E-state index in [1.54, 1.807) is 24.3 Å². The highest BCUT2D eigenvalue weighted by Gasteiger charge is 2.14. The van der Waals surface area contributed by atoms with Crippen LogP contribution in [-0.4, -0.2) is 42.4 Å². The molecule has 0 bridgehead atoms. The van der Waals surface area contributed by atoms with Crippen LogP contribution in [0.15, 0.2) is 83.3 Å². The van der Waals surface area contributed by atoms with Gasteiger partial charge in [0.15, 0.2) is 5.58 Å². The summed E-state index contributed by atoms with van der Waals surface area (Å²) in [5, 5.41) is 8.98. The average Bonchev–Trinajstić information content (AvgIpc) is 3.30. The number of carboxylic acid groups (broad SMARTS) is 1. The zero-order chi connectivity index (χ0) is 23.6. The van der Waals surface area contributed by atoms with Crippen LogP contribution in [0.1, 0.15) is 29.6 Å². The number of hydrogen-bond donors (Lipinski definition) is 1. The Bertz CT molecular complexity index is 1140. The molecule has 7 heteroatoms. The number of aromatic nitrogens is 1. The molecule has 0 amide bonds. The van der Waals surface area contributed by atoms with Crippen molar-refractivity contribution >= 4 is 23.1 Å². The van der Waals surface area contributed by atoms with Crippen molar-refractivity contribution in [3.63, 3.8) is 0 Å². The van der Waals surface area contributed by atoms with Gasteiger partial charge in [-0.1, -0.05) is 30.3 Å². The highest BCUT2D eigenvalue weighted by atomic mass is 16.5. The number of nitrogens with zero attached hydrogens (tertiary/aromatic N) is 2. The Labute approximate surface area is 198 Å². The standard InChI is InChI=1S/C27H28N2O5/c30-26(31)21-13-15-23(16-14-21)32-19-7-6-17-29(18-8-20-33-22-9-2-1-3-10-22)27-28-24-11-4-5-12-25(24)34-27/h1-5,9-16H,6-8,17-20H2,(H,30,31). The summed E-state index contributed by atoms with van der Waals surface area (Å²) in [6.07, 6.45) is 2.57. The molecule has 0 unspecified atom stereocenters. The summed E-state index contributed by atoms with van der Waals surface area (Å²) in [5.41, 5.74) is 1.87. The number of benzene rings is 3. The third-order valence-corrected chi connectivity index (χ3v) is 5.33. The molecule has 0 fully saturated rings. The van der Waals surface area contributed by atoms with Crippen LogP contribution in [0, 0.1) is 0 Å². The van der Waals surface area contributed by atoms with Gasteiger partial charge in [-0.15, -0.1) is 0 Å². The number of para-hydroxylation sites is 3. The summed E-state index contributed by atoms with van der Waals surface area (Å²) in [6.45, 7) is 2.69. The summed E-state index contributed by atoms with van der Waals surface area (Å²) in [7, 11) is 0. The molecule has 4 aromatic rings. The maximum atomic E-state index is 10.9. The molecule has 4 rings (SSSR count). The molecule has 0 aliphatic heterocycles. The van der Waals surface area contributed by atoms with Crippen LogP contribution in [0.5, 0.6) is 11.5 Å². The summed E-state index contributed by atoms with van der Waals surface area (Å²) < 4.78 is 17.6. The number of oxazole rings is 1. The van der Waals surface area contributed by atoms with Crippen LogP contribution in [-0.2, 0) is 0 Å². The molecule has 0 saturated carbocycles. The number of fused-ring (bicyclic) bond motifs is 1. The second kappa shape index (κ2) is 11.7. The van der Waals surface area contributed by atoms with Crippen LogP contribution in [0.3, 0.4) is 0 Å². The SMILES string of the molecule is O=C(O)c1ccc(OCCCCN(CCCOc2ccccc2)c2nc3ccccc3o2)cc1. The van der Waals surface area contributed by atoms with Crippen LogP contribution >= 0.6 is 0 Å². The lowest BCUT2D eigenvalue weighted by Crippen LogP contribution is -2.27. The molecule has 0 atom stereocenters. The molecule has 0 spiro atoms. The minimum absolute atomic E-state index is 0.248. The van der Waals surface area contributed by atoms with Crippen LogP contribution in [0.4, 0.5) is 6.01 Å². The largest absolute Gasteiger partial charge is 0.494 e. The fraction of sp³-hybridized carbons (Fsp3) is 0.259. The van der Waals surface area contributed by atoms with Crippen LogP contribution in [0.2, 0.25) is 0 Å². The lowest BCUT2D eigenvalue weighted by atomic mass is 10.2. The van der Waals surface area contributed by atoms with Gasteiger partial charge in [0.2, 0.25) is 0 Å². The van der Waals surface area contributed by atoms with Gasteiger partial charge in [-0.05, 0) is 67.8 Å². The number of ether oxygens (including phenoxy) is 2. The zero-order valence-electron chi connectivity index (χ0n) is 18.9. The monoisotopic (exact) mass is 460 g/mol. The first-order chi connectivity index (χ1) is 16.7. The van der Waals surface area contributed by atoms with E-state index in [9.17, 15) is 4.79 Å². The van der Waals surface area contributed by atoms with Gasteiger partial charge in [-0.2, -0.15) is 4.98 Å². The second-order valence-corrected chi connectivity index (χ2v) is 7.85. The Morgan fingerprint density at radius 2 is 1.44 bits per heavy atom. The number of hydrogen-bond acceptors (Lipinski definition) is 6. The molecule has 7 nitrogen and oxygen atoms in total. The fourth-order valence-corrected chi connectivity index (χ4v) is 3.55. The van der Waals surface area contributed by atoms with Crippen molar-refractivity contribution in [2.24, 2.45) is 0 Å². The molecule has 1 aromatic heterocycles. The van der Waals surface area contributed by atoms with Crippen LogP contribution < -0.4 is 14.4 Å². The van der Waals surface area contributed by atoms with Gasteiger partial charge in [0, 0.05) is 13.1 Å². The Hall–Kier alpha value is -4.00. The van der Waals surface area contributed by atoms with Crippen molar-refractivity contribution in [3.05, 3.63) is 84.4 Å². The van der Waals surface area contributed by atoms with Crippen molar-refractivity contribution in [1.82, 2.24) is 4.98 Å². The smallest absolute Gasteiger partial charge is 0.335 e. The Morgan fingerprint density at radius 1 is 0.794 bits per heavy atom. The second-order valence-electron chi connectivity index (χ2n) is 7.85. The zero-order valence-corrected chi connectivity index (χ0v) is 18.9. The molecule has 34 heavy (non-hydrogen) atoms. The van der Waals surface area contributed by atoms with Crippen molar-refractivity contribution in [2.45, 2.75) is 19.3 Å². The van der Waals surface area contributed by atoms with Gasteiger partial charge in [-0.3, -0.25) is 0 Å². The first-order valence-corrected chi connectivity index (χ1v) is 11.4. The molecule has 0 saturated heterocycles. The van der Waals surface area contributed by atoms with E-state index in [4.69, 9.17) is 19.0 Å². The molecule has 0 radical (unpaired) electrons.